The lowest BCUT2D eigenvalue weighted by Crippen LogP contribution is -2.18. The van der Waals surface area contributed by atoms with E-state index in [1.54, 1.807) is 0 Å². The maximum atomic E-state index is 4.19. The summed E-state index contributed by atoms with van der Waals surface area (Å²) in [6.07, 6.45) is 1.12. The second kappa shape index (κ2) is 3.37. The summed E-state index contributed by atoms with van der Waals surface area (Å²) in [6.45, 7) is 5.02. The largest absolute Gasteiger partial charge is 0.344 e. The van der Waals surface area contributed by atoms with Crippen molar-refractivity contribution < 1.29 is 0 Å². The average Bonchev–Trinajstić information content (AvgIpc) is 2.36. The van der Waals surface area contributed by atoms with Gasteiger partial charge in [-0.3, -0.25) is 0 Å². The summed E-state index contributed by atoms with van der Waals surface area (Å²) in [4.78, 5) is 6.24. The summed E-state index contributed by atoms with van der Waals surface area (Å²) in [5, 5.41) is 6.80. The Bertz CT molecular complexity index is 218. The van der Waals surface area contributed by atoms with Crippen molar-refractivity contribution in [2.24, 2.45) is 0 Å². The molecule has 62 valence electrons. The fourth-order valence-corrected chi connectivity index (χ4v) is 0.946. The number of nitrogens with one attached hydrogen (secondary N) is 1. The summed E-state index contributed by atoms with van der Waals surface area (Å²) < 4.78 is 0. The molecule has 0 aromatic carbocycles. The Morgan fingerprint density at radius 1 is 1.55 bits per heavy atom. The number of aryl methyl sites for hydroxylation is 1. The molecular weight excluding hydrogens is 140 g/mol. The summed E-state index contributed by atoms with van der Waals surface area (Å²) in [5.74, 6) is 1.65. The van der Waals surface area contributed by atoms with Crippen LogP contribution in [0.2, 0.25) is 0 Å². The molecule has 1 aromatic heterocycles. The number of nitrogens with zero attached hydrogens (tertiary/aromatic N) is 3. The second-order valence-corrected chi connectivity index (χ2v) is 2.63. The zero-order valence-corrected chi connectivity index (χ0v) is 7.26. The molecule has 0 saturated carbocycles. The van der Waals surface area contributed by atoms with E-state index < -0.39 is 0 Å². The van der Waals surface area contributed by atoms with Crippen LogP contribution in [-0.2, 0) is 0 Å². The van der Waals surface area contributed by atoms with Gasteiger partial charge >= 0.3 is 0 Å². The van der Waals surface area contributed by atoms with Crippen LogP contribution < -0.4 is 4.90 Å². The maximum absolute atomic E-state index is 4.19. The van der Waals surface area contributed by atoms with E-state index in [9.17, 15) is 0 Å². The van der Waals surface area contributed by atoms with E-state index in [2.05, 4.69) is 27.0 Å². The van der Waals surface area contributed by atoms with Crippen LogP contribution >= 0.6 is 0 Å². The predicted octanol–water partition coefficient (Wildman–Crippen LogP) is 0.959. The Morgan fingerprint density at radius 3 is 2.73 bits per heavy atom. The third-order valence-corrected chi connectivity index (χ3v) is 1.51. The summed E-state index contributed by atoms with van der Waals surface area (Å²) in [7, 11) is 2.00. The minimum absolute atomic E-state index is 0.794. The first-order valence-electron chi connectivity index (χ1n) is 3.84. The zero-order valence-electron chi connectivity index (χ0n) is 7.26. The molecule has 0 atom stereocenters. The first-order chi connectivity index (χ1) is 5.24. The molecule has 4 nitrogen and oxygen atoms in total. The van der Waals surface area contributed by atoms with E-state index in [1.807, 2.05) is 14.0 Å². The highest BCUT2D eigenvalue weighted by Crippen LogP contribution is 2.03. The number of anilines is 1. The van der Waals surface area contributed by atoms with E-state index in [0.29, 0.717) is 0 Å². The Labute approximate surface area is 66.6 Å². The minimum Gasteiger partial charge on any atom is -0.344 e. The fourth-order valence-electron chi connectivity index (χ4n) is 0.946. The highest BCUT2D eigenvalue weighted by Gasteiger charge is 2.02. The standard InChI is InChI=1S/C7H14N4/c1-4-5-11(3)7-8-6(2)9-10-7/h4-5H2,1-3H3,(H,8,9,10). The van der Waals surface area contributed by atoms with Gasteiger partial charge in [-0.05, 0) is 13.3 Å². The molecule has 0 radical (unpaired) electrons. The third kappa shape index (κ3) is 1.93. The molecule has 1 aromatic rings. The molecule has 0 aliphatic carbocycles. The Morgan fingerprint density at radius 2 is 2.27 bits per heavy atom. The number of aromatic amines is 1. The van der Waals surface area contributed by atoms with Crippen molar-refractivity contribution in [3.05, 3.63) is 5.82 Å². The normalized spacial score (nSPS) is 10.1. The van der Waals surface area contributed by atoms with E-state index in [0.717, 1.165) is 24.7 Å². The molecule has 11 heavy (non-hydrogen) atoms. The van der Waals surface area contributed by atoms with Crippen LogP contribution in [0.4, 0.5) is 5.95 Å². The fraction of sp³-hybridized carbons (Fsp3) is 0.714. The van der Waals surface area contributed by atoms with E-state index in [-0.39, 0.29) is 0 Å². The van der Waals surface area contributed by atoms with Crippen LogP contribution in [0.3, 0.4) is 0 Å². The molecule has 1 heterocycles. The summed E-state index contributed by atoms with van der Waals surface area (Å²) in [6, 6.07) is 0. The lowest BCUT2D eigenvalue weighted by molar-refractivity contribution is 0.821. The van der Waals surface area contributed by atoms with Crippen molar-refractivity contribution in [1.29, 1.82) is 0 Å². The van der Waals surface area contributed by atoms with Gasteiger partial charge < -0.3 is 4.90 Å². The molecule has 0 amide bonds. The summed E-state index contributed by atoms with van der Waals surface area (Å²) >= 11 is 0. The van der Waals surface area contributed by atoms with Crippen LogP contribution in [0.25, 0.3) is 0 Å². The quantitative estimate of drug-likeness (QED) is 0.705. The van der Waals surface area contributed by atoms with Gasteiger partial charge in [-0.15, -0.1) is 0 Å². The van der Waals surface area contributed by atoms with Crippen LogP contribution in [0.15, 0.2) is 0 Å². The van der Waals surface area contributed by atoms with Crippen LogP contribution in [0.5, 0.6) is 0 Å². The van der Waals surface area contributed by atoms with Gasteiger partial charge in [0.1, 0.15) is 5.82 Å². The topological polar surface area (TPSA) is 44.8 Å². The van der Waals surface area contributed by atoms with Gasteiger partial charge in [0.2, 0.25) is 5.95 Å². The zero-order chi connectivity index (χ0) is 8.27. The molecule has 4 heteroatoms. The molecule has 0 saturated heterocycles. The van der Waals surface area contributed by atoms with Crippen molar-refractivity contribution in [2.45, 2.75) is 20.3 Å². The van der Waals surface area contributed by atoms with Gasteiger partial charge in [-0.25, -0.2) is 5.10 Å². The molecule has 1 rings (SSSR count). The molecule has 0 spiro atoms. The van der Waals surface area contributed by atoms with Gasteiger partial charge in [-0.1, -0.05) is 6.92 Å². The minimum atomic E-state index is 0.794. The molecular formula is C7H14N4. The molecule has 0 unspecified atom stereocenters. The Balaban J connectivity index is 2.60. The monoisotopic (exact) mass is 154 g/mol. The number of aromatic nitrogens is 3. The predicted molar refractivity (Wildman–Crippen MR) is 44.7 cm³/mol. The van der Waals surface area contributed by atoms with Crippen molar-refractivity contribution in [3.8, 4) is 0 Å². The Kier molecular flexibility index (Phi) is 2.46. The van der Waals surface area contributed by atoms with Gasteiger partial charge in [0.05, 0.1) is 0 Å². The highest BCUT2D eigenvalue weighted by molar-refractivity contribution is 5.26. The lowest BCUT2D eigenvalue weighted by Gasteiger charge is -2.12. The number of hydrogen-bond donors (Lipinski definition) is 1. The van der Waals surface area contributed by atoms with Crippen LogP contribution in [-0.4, -0.2) is 28.8 Å². The lowest BCUT2D eigenvalue weighted by atomic mass is 10.4. The number of H-pyrrole nitrogens is 1. The van der Waals surface area contributed by atoms with Gasteiger partial charge in [0, 0.05) is 13.6 Å². The Hall–Kier alpha value is -1.06. The second-order valence-electron chi connectivity index (χ2n) is 2.63. The van der Waals surface area contributed by atoms with E-state index in [1.165, 1.54) is 0 Å². The van der Waals surface area contributed by atoms with E-state index >= 15 is 0 Å². The smallest absolute Gasteiger partial charge is 0.221 e. The van der Waals surface area contributed by atoms with Gasteiger partial charge in [-0.2, -0.15) is 10.1 Å². The van der Waals surface area contributed by atoms with E-state index in [4.69, 9.17) is 0 Å². The molecule has 0 bridgehead atoms. The molecule has 0 aliphatic rings. The van der Waals surface area contributed by atoms with Crippen molar-refractivity contribution in [3.63, 3.8) is 0 Å². The highest BCUT2D eigenvalue weighted by atomic mass is 15.3. The molecule has 1 N–H and O–H groups in total. The maximum Gasteiger partial charge on any atom is 0.221 e. The number of rotatable bonds is 3. The van der Waals surface area contributed by atoms with Crippen molar-refractivity contribution in [1.82, 2.24) is 15.2 Å². The van der Waals surface area contributed by atoms with Crippen molar-refractivity contribution in [2.75, 3.05) is 18.5 Å². The van der Waals surface area contributed by atoms with Crippen molar-refractivity contribution >= 4 is 5.95 Å². The SMILES string of the molecule is CCCN(C)c1nc(C)n[nH]1. The van der Waals surface area contributed by atoms with Gasteiger partial charge in [0.15, 0.2) is 0 Å². The molecule has 0 aliphatic heterocycles. The van der Waals surface area contributed by atoms with Gasteiger partial charge in [0.25, 0.3) is 0 Å². The first-order valence-corrected chi connectivity index (χ1v) is 3.84. The summed E-state index contributed by atoms with van der Waals surface area (Å²) in [5.41, 5.74) is 0. The van der Waals surface area contributed by atoms with Crippen LogP contribution in [0.1, 0.15) is 19.2 Å². The number of hydrogen-bond acceptors (Lipinski definition) is 3. The third-order valence-electron chi connectivity index (χ3n) is 1.51. The molecule has 0 fully saturated rings. The average molecular weight is 154 g/mol. The first kappa shape index (κ1) is 8.04. The van der Waals surface area contributed by atoms with Crippen LogP contribution in [0, 0.1) is 6.92 Å².